The molecule has 1 aromatic rings. The van der Waals surface area contributed by atoms with E-state index in [1.165, 1.54) is 31.3 Å². The van der Waals surface area contributed by atoms with E-state index in [9.17, 15) is 14.9 Å². The number of hydrogen-bond donors (Lipinski definition) is 0. The first-order valence-electron chi connectivity index (χ1n) is 6.00. The van der Waals surface area contributed by atoms with Crippen LogP contribution in [0, 0.1) is 10.1 Å². The molecule has 0 saturated carbocycles. The number of nitro groups is 1. The standard InChI is InChI=1S/C13H18N2O5/c1-14(9-13(19-2)20-3)12(16)8-10-4-6-11(7-5-10)15(17)18/h4-7,13H,8-9H2,1-3H3. The Morgan fingerprint density at radius 2 is 1.85 bits per heavy atom. The van der Waals surface area contributed by atoms with Gasteiger partial charge in [0, 0.05) is 33.4 Å². The SMILES string of the molecule is COC(CN(C)C(=O)Cc1ccc([N+](=O)[O-])cc1)OC. The molecule has 0 radical (unpaired) electrons. The first-order valence-corrected chi connectivity index (χ1v) is 6.00. The van der Waals surface area contributed by atoms with E-state index in [4.69, 9.17) is 9.47 Å². The van der Waals surface area contributed by atoms with Gasteiger partial charge in [-0.15, -0.1) is 0 Å². The maximum absolute atomic E-state index is 12.0. The molecule has 0 saturated heterocycles. The first kappa shape index (κ1) is 16.1. The van der Waals surface area contributed by atoms with Crippen molar-refractivity contribution >= 4 is 11.6 Å². The van der Waals surface area contributed by atoms with Crippen molar-refractivity contribution in [3.8, 4) is 0 Å². The Hall–Kier alpha value is -1.99. The highest BCUT2D eigenvalue weighted by Gasteiger charge is 2.15. The normalized spacial score (nSPS) is 10.6. The quantitative estimate of drug-likeness (QED) is 0.426. The molecule has 1 aromatic carbocycles. The zero-order valence-corrected chi connectivity index (χ0v) is 11.7. The van der Waals surface area contributed by atoms with Crippen LogP contribution in [-0.4, -0.2) is 49.8 Å². The van der Waals surface area contributed by atoms with E-state index >= 15 is 0 Å². The number of carbonyl (C=O) groups is 1. The number of nitrogens with zero attached hydrogens (tertiary/aromatic N) is 2. The summed E-state index contributed by atoms with van der Waals surface area (Å²) in [5.74, 6) is -0.113. The number of methoxy groups -OCH3 is 2. The largest absolute Gasteiger partial charge is 0.354 e. The molecule has 1 rings (SSSR count). The minimum absolute atomic E-state index is 0.00776. The fourth-order valence-electron chi connectivity index (χ4n) is 1.62. The summed E-state index contributed by atoms with van der Waals surface area (Å²) >= 11 is 0. The van der Waals surface area contributed by atoms with Crippen LogP contribution in [0.15, 0.2) is 24.3 Å². The van der Waals surface area contributed by atoms with Crippen LogP contribution >= 0.6 is 0 Å². The third-order valence-electron chi connectivity index (χ3n) is 2.88. The molecule has 110 valence electrons. The van der Waals surface area contributed by atoms with E-state index in [2.05, 4.69) is 0 Å². The number of non-ortho nitro benzene ring substituents is 1. The molecule has 0 atom stereocenters. The molecule has 7 nitrogen and oxygen atoms in total. The molecule has 0 aliphatic heterocycles. The van der Waals surface area contributed by atoms with Crippen LogP contribution < -0.4 is 0 Å². The van der Waals surface area contributed by atoms with Crippen molar-refractivity contribution in [1.29, 1.82) is 0 Å². The lowest BCUT2D eigenvalue weighted by molar-refractivity contribution is -0.384. The molecule has 0 heterocycles. The van der Waals surface area contributed by atoms with Crippen molar-refractivity contribution in [3.63, 3.8) is 0 Å². The van der Waals surface area contributed by atoms with Gasteiger partial charge in [0.1, 0.15) is 0 Å². The average Bonchev–Trinajstić information content (AvgIpc) is 2.44. The van der Waals surface area contributed by atoms with E-state index in [1.54, 1.807) is 19.2 Å². The second-order valence-electron chi connectivity index (χ2n) is 4.28. The Labute approximate surface area is 117 Å². The number of rotatable bonds is 7. The highest BCUT2D eigenvalue weighted by atomic mass is 16.7. The van der Waals surface area contributed by atoms with Gasteiger partial charge in [0.25, 0.3) is 5.69 Å². The summed E-state index contributed by atoms with van der Waals surface area (Å²) in [5, 5.41) is 10.5. The summed E-state index contributed by atoms with van der Waals surface area (Å²) in [7, 11) is 4.66. The van der Waals surface area contributed by atoms with Gasteiger partial charge in [-0.2, -0.15) is 0 Å². The number of carbonyl (C=O) groups excluding carboxylic acids is 1. The maximum atomic E-state index is 12.0. The second kappa shape index (κ2) is 7.56. The lowest BCUT2D eigenvalue weighted by atomic mass is 10.1. The van der Waals surface area contributed by atoms with Gasteiger partial charge >= 0.3 is 0 Å². The van der Waals surface area contributed by atoms with E-state index in [0.29, 0.717) is 6.54 Å². The van der Waals surface area contributed by atoms with Gasteiger partial charge in [0.2, 0.25) is 5.91 Å². The van der Waals surface area contributed by atoms with Crippen molar-refractivity contribution in [2.45, 2.75) is 12.7 Å². The van der Waals surface area contributed by atoms with Crippen LogP contribution in [0.2, 0.25) is 0 Å². The Morgan fingerprint density at radius 1 is 1.30 bits per heavy atom. The van der Waals surface area contributed by atoms with Crippen molar-refractivity contribution in [3.05, 3.63) is 39.9 Å². The number of hydrogen-bond acceptors (Lipinski definition) is 5. The topological polar surface area (TPSA) is 81.9 Å². The predicted molar refractivity (Wildman–Crippen MR) is 72.2 cm³/mol. The van der Waals surface area contributed by atoms with E-state index < -0.39 is 11.2 Å². The summed E-state index contributed by atoms with van der Waals surface area (Å²) in [6.07, 6.45) is -0.296. The predicted octanol–water partition coefficient (Wildman–Crippen LogP) is 1.21. The maximum Gasteiger partial charge on any atom is 0.269 e. The molecule has 0 fully saturated rings. The molecule has 0 spiro atoms. The number of nitro benzene ring substituents is 1. The summed E-state index contributed by atoms with van der Waals surface area (Å²) < 4.78 is 10.0. The highest BCUT2D eigenvalue weighted by Crippen LogP contribution is 2.13. The zero-order chi connectivity index (χ0) is 15.1. The van der Waals surface area contributed by atoms with Crippen molar-refractivity contribution in [2.75, 3.05) is 27.8 Å². The monoisotopic (exact) mass is 282 g/mol. The molecule has 0 unspecified atom stereocenters. The lowest BCUT2D eigenvalue weighted by Crippen LogP contribution is -2.36. The van der Waals surface area contributed by atoms with Crippen molar-refractivity contribution < 1.29 is 19.2 Å². The second-order valence-corrected chi connectivity index (χ2v) is 4.28. The summed E-state index contributed by atoms with van der Waals surface area (Å²) in [5.41, 5.74) is 0.729. The molecule has 20 heavy (non-hydrogen) atoms. The fourth-order valence-corrected chi connectivity index (χ4v) is 1.62. The number of likely N-dealkylation sites (N-methyl/N-ethyl adjacent to an activating group) is 1. The highest BCUT2D eigenvalue weighted by molar-refractivity contribution is 5.78. The van der Waals surface area contributed by atoms with E-state index in [-0.39, 0.29) is 18.0 Å². The Bertz CT molecular complexity index is 456. The van der Waals surface area contributed by atoms with Gasteiger partial charge in [-0.05, 0) is 5.56 Å². The molecule has 1 amide bonds. The minimum Gasteiger partial charge on any atom is -0.354 e. The smallest absolute Gasteiger partial charge is 0.269 e. The molecule has 7 heteroatoms. The van der Waals surface area contributed by atoms with Crippen LogP contribution in [0.1, 0.15) is 5.56 Å². The van der Waals surface area contributed by atoms with Crippen LogP contribution in [0.5, 0.6) is 0 Å². The Morgan fingerprint density at radius 3 is 2.30 bits per heavy atom. The molecular weight excluding hydrogens is 264 g/mol. The van der Waals surface area contributed by atoms with E-state index in [0.717, 1.165) is 5.56 Å². The molecule has 0 bridgehead atoms. The van der Waals surface area contributed by atoms with Crippen molar-refractivity contribution in [1.82, 2.24) is 4.90 Å². The first-order chi connectivity index (χ1) is 9.47. The molecule has 0 aliphatic rings. The zero-order valence-electron chi connectivity index (χ0n) is 11.7. The number of amides is 1. The molecular formula is C13H18N2O5. The molecule has 0 aliphatic carbocycles. The lowest BCUT2D eigenvalue weighted by Gasteiger charge is -2.22. The molecule has 0 N–H and O–H groups in total. The van der Waals surface area contributed by atoms with Crippen LogP contribution in [-0.2, 0) is 20.7 Å². The Kier molecular flexibility index (Phi) is 6.08. The fraction of sp³-hybridized carbons (Fsp3) is 0.462. The van der Waals surface area contributed by atoms with Crippen molar-refractivity contribution in [2.24, 2.45) is 0 Å². The van der Waals surface area contributed by atoms with Gasteiger partial charge in [0.05, 0.1) is 17.9 Å². The van der Waals surface area contributed by atoms with Crippen LogP contribution in [0.3, 0.4) is 0 Å². The third-order valence-corrected chi connectivity index (χ3v) is 2.88. The number of benzene rings is 1. The summed E-state index contributed by atoms with van der Waals surface area (Å²) in [6.45, 7) is 0.318. The van der Waals surface area contributed by atoms with Gasteiger partial charge in [0.15, 0.2) is 6.29 Å². The Balaban J connectivity index is 2.59. The van der Waals surface area contributed by atoms with Gasteiger partial charge in [-0.1, -0.05) is 12.1 Å². The number of ether oxygens (including phenoxy) is 2. The van der Waals surface area contributed by atoms with Gasteiger partial charge in [-0.3, -0.25) is 14.9 Å². The van der Waals surface area contributed by atoms with E-state index in [1.807, 2.05) is 0 Å². The summed E-state index contributed by atoms with van der Waals surface area (Å²) in [6, 6.07) is 5.92. The van der Waals surface area contributed by atoms with Gasteiger partial charge in [-0.25, -0.2) is 0 Å². The average molecular weight is 282 g/mol. The third kappa shape index (κ3) is 4.60. The van der Waals surface area contributed by atoms with Crippen LogP contribution in [0.25, 0.3) is 0 Å². The summed E-state index contributed by atoms with van der Waals surface area (Å²) in [4.78, 5) is 23.5. The molecule has 0 aromatic heterocycles. The van der Waals surface area contributed by atoms with Crippen LogP contribution in [0.4, 0.5) is 5.69 Å². The minimum atomic E-state index is -0.473. The van der Waals surface area contributed by atoms with Gasteiger partial charge < -0.3 is 14.4 Å².